The SMILES string of the molecule is CC(C)CCOc1cccc(NC(=O)C(N)c2ccccc2)c1. The molecule has 0 saturated carbocycles. The highest BCUT2D eigenvalue weighted by Gasteiger charge is 2.15. The van der Waals surface area contributed by atoms with Crippen LogP contribution >= 0.6 is 0 Å². The number of anilines is 1. The molecule has 0 bridgehead atoms. The summed E-state index contributed by atoms with van der Waals surface area (Å²) >= 11 is 0. The van der Waals surface area contributed by atoms with Gasteiger partial charge in [-0.25, -0.2) is 0 Å². The summed E-state index contributed by atoms with van der Waals surface area (Å²) in [7, 11) is 0. The maximum Gasteiger partial charge on any atom is 0.245 e. The van der Waals surface area contributed by atoms with Crippen molar-refractivity contribution in [2.24, 2.45) is 11.7 Å². The first-order valence-electron chi connectivity index (χ1n) is 7.90. The number of nitrogens with one attached hydrogen (secondary N) is 1. The second kappa shape index (κ2) is 8.34. The van der Waals surface area contributed by atoms with E-state index in [9.17, 15) is 4.79 Å². The molecule has 2 rings (SSSR count). The average Bonchev–Trinajstić information content (AvgIpc) is 2.55. The Hall–Kier alpha value is -2.33. The molecule has 4 nitrogen and oxygen atoms in total. The molecule has 0 spiro atoms. The minimum atomic E-state index is -0.693. The van der Waals surface area contributed by atoms with Crippen molar-refractivity contribution in [3.05, 3.63) is 60.2 Å². The molecule has 4 heteroatoms. The molecule has 0 aromatic heterocycles. The Balaban J connectivity index is 1.95. The normalized spacial score (nSPS) is 12.0. The zero-order chi connectivity index (χ0) is 16.7. The summed E-state index contributed by atoms with van der Waals surface area (Å²) < 4.78 is 5.70. The average molecular weight is 312 g/mol. The van der Waals surface area contributed by atoms with E-state index in [0.29, 0.717) is 18.2 Å². The zero-order valence-electron chi connectivity index (χ0n) is 13.7. The summed E-state index contributed by atoms with van der Waals surface area (Å²) in [6.45, 7) is 4.98. The molecule has 0 aliphatic carbocycles. The zero-order valence-corrected chi connectivity index (χ0v) is 13.7. The number of amides is 1. The number of benzene rings is 2. The van der Waals surface area contributed by atoms with Crippen molar-refractivity contribution >= 4 is 11.6 Å². The van der Waals surface area contributed by atoms with Crippen LogP contribution in [0.25, 0.3) is 0 Å². The molecular weight excluding hydrogens is 288 g/mol. The van der Waals surface area contributed by atoms with Crippen molar-refractivity contribution < 1.29 is 9.53 Å². The van der Waals surface area contributed by atoms with Gasteiger partial charge in [0.2, 0.25) is 5.91 Å². The predicted octanol–water partition coefficient (Wildman–Crippen LogP) is 3.75. The minimum Gasteiger partial charge on any atom is -0.494 e. The molecule has 1 atom stereocenters. The van der Waals surface area contributed by atoms with E-state index in [4.69, 9.17) is 10.5 Å². The van der Waals surface area contributed by atoms with E-state index in [-0.39, 0.29) is 5.91 Å². The molecule has 0 fully saturated rings. The highest BCUT2D eigenvalue weighted by Crippen LogP contribution is 2.19. The van der Waals surface area contributed by atoms with Gasteiger partial charge in [0.1, 0.15) is 11.8 Å². The second-order valence-corrected chi connectivity index (χ2v) is 5.94. The highest BCUT2D eigenvalue weighted by molar-refractivity contribution is 5.95. The van der Waals surface area contributed by atoms with Gasteiger partial charge >= 0.3 is 0 Å². The third kappa shape index (κ3) is 5.42. The molecule has 0 radical (unpaired) electrons. The second-order valence-electron chi connectivity index (χ2n) is 5.94. The fourth-order valence-corrected chi connectivity index (χ4v) is 2.11. The van der Waals surface area contributed by atoms with Gasteiger partial charge in [-0.2, -0.15) is 0 Å². The van der Waals surface area contributed by atoms with Gasteiger partial charge in [0.25, 0.3) is 0 Å². The van der Waals surface area contributed by atoms with Crippen LogP contribution in [0.15, 0.2) is 54.6 Å². The molecule has 1 unspecified atom stereocenters. The lowest BCUT2D eigenvalue weighted by atomic mass is 10.1. The summed E-state index contributed by atoms with van der Waals surface area (Å²) in [4.78, 5) is 12.3. The Labute approximate surface area is 137 Å². The van der Waals surface area contributed by atoms with Crippen LogP contribution in [0.3, 0.4) is 0 Å². The monoisotopic (exact) mass is 312 g/mol. The fourth-order valence-electron chi connectivity index (χ4n) is 2.11. The van der Waals surface area contributed by atoms with Crippen LogP contribution in [0.2, 0.25) is 0 Å². The van der Waals surface area contributed by atoms with Crippen molar-refractivity contribution in [3.63, 3.8) is 0 Å². The number of hydrogen-bond acceptors (Lipinski definition) is 3. The lowest BCUT2D eigenvalue weighted by Gasteiger charge is -2.14. The molecule has 2 aromatic carbocycles. The van der Waals surface area contributed by atoms with Crippen molar-refractivity contribution in [3.8, 4) is 5.75 Å². The van der Waals surface area contributed by atoms with Gasteiger partial charge in [0.05, 0.1) is 6.61 Å². The molecule has 2 aromatic rings. The standard InChI is InChI=1S/C19H24N2O2/c1-14(2)11-12-23-17-10-6-9-16(13-17)21-19(22)18(20)15-7-4-3-5-8-15/h3-10,13-14,18H,11-12,20H2,1-2H3,(H,21,22). The van der Waals surface area contributed by atoms with Crippen molar-refractivity contribution in [1.82, 2.24) is 0 Å². The Bertz CT molecular complexity index is 626. The van der Waals surface area contributed by atoms with Crippen LogP contribution < -0.4 is 15.8 Å². The molecule has 0 heterocycles. The Morgan fingerprint density at radius 2 is 1.87 bits per heavy atom. The fraction of sp³-hybridized carbons (Fsp3) is 0.316. The van der Waals surface area contributed by atoms with Crippen molar-refractivity contribution in [2.45, 2.75) is 26.3 Å². The summed E-state index contributed by atoms with van der Waals surface area (Å²) in [6, 6.07) is 16.0. The third-order valence-corrected chi connectivity index (χ3v) is 3.51. The first-order valence-corrected chi connectivity index (χ1v) is 7.90. The number of hydrogen-bond donors (Lipinski definition) is 2. The van der Waals surface area contributed by atoms with Gasteiger partial charge in [0.15, 0.2) is 0 Å². The summed E-state index contributed by atoms with van der Waals surface area (Å²) in [5.41, 5.74) is 7.46. The number of nitrogens with two attached hydrogens (primary N) is 1. The van der Waals surface area contributed by atoms with E-state index >= 15 is 0 Å². The van der Waals surface area contributed by atoms with Crippen LogP contribution in [0, 0.1) is 5.92 Å². The van der Waals surface area contributed by atoms with Crippen LogP contribution in [0.4, 0.5) is 5.69 Å². The Kier molecular flexibility index (Phi) is 6.18. The molecule has 3 N–H and O–H groups in total. The number of rotatable bonds is 7. The summed E-state index contributed by atoms with van der Waals surface area (Å²) in [5, 5.41) is 2.84. The van der Waals surface area contributed by atoms with E-state index < -0.39 is 6.04 Å². The molecule has 0 aliphatic rings. The highest BCUT2D eigenvalue weighted by atomic mass is 16.5. The maximum atomic E-state index is 12.3. The molecule has 0 aliphatic heterocycles. The largest absolute Gasteiger partial charge is 0.494 e. The van der Waals surface area contributed by atoms with Gasteiger partial charge in [-0.3, -0.25) is 4.79 Å². The van der Waals surface area contributed by atoms with E-state index in [0.717, 1.165) is 17.7 Å². The number of carbonyl (C=O) groups excluding carboxylic acids is 1. The van der Waals surface area contributed by atoms with Crippen LogP contribution in [-0.2, 0) is 4.79 Å². The minimum absolute atomic E-state index is 0.240. The van der Waals surface area contributed by atoms with Crippen LogP contribution in [0.5, 0.6) is 5.75 Å². The molecule has 23 heavy (non-hydrogen) atoms. The topological polar surface area (TPSA) is 64.3 Å². The number of carbonyl (C=O) groups is 1. The molecular formula is C19H24N2O2. The van der Waals surface area contributed by atoms with Gasteiger partial charge in [-0.05, 0) is 30.0 Å². The van der Waals surface area contributed by atoms with Gasteiger partial charge in [0, 0.05) is 11.8 Å². The summed E-state index contributed by atoms with van der Waals surface area (Å²) in [5.74, 6) is 1.11. The summed E-state index contributed by atoms with van der Waals surface area (Å²) in [6.07, 6.45) is 0.996. The van der Waals surface area contributed by atoms with Crippen molar-refractivity contribution in [1.29, 1.82) is 0 Å². The Morgan fingerprint density at radius 3 is 2.57 bits per heavy atom. The first kappa shape index (κ1) is 17.0. The Morgan fingerprint density at radius 1 is 1.13 bits per heavy atom. The maximum absolute atomic E-state index is 12.3. The molecule has 1 amide bonds. The van der Waals surface area contributed by atoms with E-state index in [1.807, 2.05) is 54.6 Å². The lowest BCUT2D eigenvalue weighted by molar-refractivity contribution is -0.117. The van der Waals surface area contributed by atoms with Gasteiger partial charge in [-0.15, -0.1) is 0 Å². The van der Waals surface area contributed by atoms with Crippen LogP contribution in [-0.4, -0.2) is 12.5 Å². The van der Waals surface area contributed by atoms with Gasteiger partial charge < -0.3 is 15.8 Å². The predicted molar refractivity (Wildman–Crippen MR) is 93.4 cm³/mol. The first-order chi connectivity index (χ1) is 11.1. The molecule has 122 valence electrons. The van der Waals surface area contributed by atoms with Crippen LogP contribution in [0.1, 0.15) is 31.9 Å². The lowest BCUT2D eigenvalue weighted by Crippen LogP contribution is -2.27. The van der Waals surface area contributed by atoms with Crippen molar-refractivity contribution in [2.75, 3.05) is 11.9 Å². The quantitative estimate of drug-likeness (QED) is 0.818. The molecule has 0 saturated heterocycles. The van der Waals surface area contributed by atoms with E-state index in [2.05, 4.69) is 19.2 Å². The van der Waals surface area contributed by atoms with E-state index in [1.165, 1.54) is 0 Å². The third-order valence-electron chi connectivity index (χ3n) is 3.51. The van der Waals surface area contributed by atoms with Gasteiger partial charge in [-0.1, -0.05) is 50.2 Å². The smallest absolute Gasteiger partial charge is 0.245 e. The number of ether oxygens (including phenoxy) is 1. The van der Waals surface area contributed by atoms with E-state index in [1.54, 1.807) is 0 Å².